The summed E-state index contributed by atoms with van der Waals surface area (Å²) in [6.45, 7) is 6.74. The first-order chi connectivity index (χ1) is 16.8. The van der Waals surface area contributed by atoms with E-state index in [4.69, 9.17) is 4.55 Å². The third kappa shape index (κ3) is 5.43. The van der Waals surface area contributed by atoms with Gasteiger partial charge in [0, 0.05) is 0 Å². The number of amides is 1. The van der Waals surface area contributed by atoms with E-state index in [9.17, 15) is 28.5 Å². The molecule has 0 heterocycles. The molecule has 1 amide bonds. The first kappa shape index (κ1) is 28.8. The molecule has 4 fully saturated rings. The number of nitrogens with one attached hydrogen (secondary N) is 1. The number of aliphatic hydroxyl groups is 3. The van der Waals surface area contributed by atoms with Gasteiger partial charge in [-0.2, -0.15) is 0 Å². The van der Waals surface area contributed by atoms with Crippen LogP contribution in [0.25, 0.3) is 0 Å². The average molecular weight is 595 g/mol. The van der Waals surface area contributed by atoms with Crippen LogP contribution in [0, 0.1) is 46.3 Å². The number of carbonyl (C=O) groups is 1. The van der Waals surface area contributed by atoms with Gasteiger partial charge in [-0.05, 0) is 0 Å². The van der Waals surface area contributed by atoms with Gasteiger partial charge in [-0.25, -0.2) is 0 Å². The summed E-state index contributed by atoms with van der Waals surface area (Å²) in [6, 6.07) is 0. The summed E-state index contributed by atoms with van der Waals surface area (Å²) in [6.07, 6.45) is 5.03. The van der Waals surface area contributed by atoms with Gasteiger partial charge in [0.25, 0.3) is 0 Å². The van der Waals surface area contributed by atoms with Crippen molar-refractivity contribution >= 4 is 31.0 Å². The van der Waals surface area contributed by atoms with Crippen molar-refractivity contribution in [2.24, 2.45) is 46.3 Å². The van der Waals surface area contributed by atoms with Crippen LogP contribution in [0.15, 0.2) is 0 Å². The standard InChI is InChI=1S/C26H45NO7SSe/c1-15(13-36-14-23(31)27-8-9-35(32,33)34)18-4-5-19-24-20(12-22(30)26(18,19)3)25(2)7-6-17(28)10-16(25)11-21(24)29/h15-22,24,28-30H,4-14H2,1-3H3,(H,27,31)(H,32,33,34)/t15-,16+,17-,18-,19+,20+,21-,22+,24+,25+,26-/m1/s1. The number of carbonyl (C=O) groups excluding carboxylic acids is 1. The fourth-order valence-electron chi connectivity index (χ4n) is 8.96. The summed E-state index contributed by atoms with van der Waals surface area (Å²) in [4.78, 5) is 12.1. The van der Waals surface area contributed by atoms with E-state index in [1.807, 2.05) is 0 Å². The van der Waals surface area contributed by atoms with Gasteiger partial charge >= 0.3 is 223 Å². The predicted octanol–water partition coefficient (Wildman–Crippen LogP) is 2.13. The quantitative estimate of drug-likeness (QED) is 0.214. The maximum absolute atomic E-state index is 12.1. The molecule has 4 saturated carbocycles. The molecular weight excluding hydrogens is 549 g/mol. The van der Waals surface area contributed by atoms with Crippen LogP contribution in [-0.2, 0) is 14.9 Å². The second-order valence-electron chi connectivity index (χ2n) is 12.7. The zero-order chi connectivity index (χ0) is 26.5. The summed E-state index contributed by atoms with van der Waals surface area (Å²) in [5.74, 6) is 1.12. The Kier molecular flexibility index (Phi) is 8.59. The molecule has 8 nitrogen and oxygen atoms in total. The van der Waals surface area contributed by atoms with Crippen molar-refractivity contribution in [3.63, 3.8) is 0 Å². The molecule has 0 bridgehead atoms. The fourth-order valence-corrected chi connectivity index (χ4v) is 11.4. The normalized spacial score (nSPS) is 45.3. The van der Waals surface area contributed by atoms with Gasteiger partial charge in [0.2, 0.25) is 0 Å². The van der Waals surface area contributed by atoms with Gasteiger partial charge < -0.3 is 0 Å². The van der Waals surface area contributed by atoms with E-state index in [0.29, 0.717) is 23.1 Å². The van der Waals surface area contributed by atoms with E-state index in [2.05, 4.69) is 26.1 Å². The number of aliphatic hydroxyl groups excluding tert-OH is 3. The Labute approximate surface area is 222 Å². The molecule has 5 N–H and O–H groups in total. The topological polar surface area (TPSA) is 144 Å². The van der Waals surface area contributed by atoms with E-state index < -0.39 is 22.0 Å². The van der Waals surface area contributed by atoms with Gasteiger partial charge in [0.1, 0.15) is 0 Å². The minimum atomic E-state index is -4.08. The Morgan fingerprint density at radius 3 is 2.50 bits per heavy atom. The first-order valence-electron chi connectivity index (χ1n) is 13.6. The zero-order valence-corrected chi connectivity index (χ0v) is 24.3. The molecule has 0 aromatic carbocycles. The molecule has 0 unspecified atom stereocenters. The SMILES string of the molecule is C[C@H](C[Se]CC(=O)NCCS(=O)(=O)O)[C@H]1CC[C@H]2[C@@H]3[C@H](O)C[C@@H]4C[C@H](O)CC[C@]4(C)[C@H]3C[C@H](O)[C@]12C. The van der Waals surface area contributed by atoms with Crippen LogP contribution in [0.5, 0.6) is 0 Å². The van der Waals surface area contributed by atoms with Crippen LogP contribution in [-0.4, -0.2) is 79.8 Å². The van der Waals surface area contributed by atoms with Gasteiger partial charge in [0.05, 0.1) is 0 Å². The van der Waals surface area contributed by atoms with Crippen molar-refractivity contribution in [3.8, 4) is 0 Å². The molecular formula is C26H45NO7SSe. The van der Waals surface area contributed by atoms with E-state index in [1.54, 1.807) is 0 Å². The Bertz CT molecular complexity index is 918. The van der Waals surface area contributed by atoms with Gasteiger partial charge in [-0.3, -0.25) is 0 Å². The van der Waals surface area contributed by atoms with Crippen LogP contribution in [0.4, 0.5) is 0 Å². The molecule has 0 aromatic heterocycles. The van der Waals surface area contributed by atoms with Crippen LogP contribution < -0.4 is 5.32 Å². The van der Waals surface area contributed by atoms with E-state index in [0.717, 1.165) is 50.3 Å². The molecule has 4 aliphatic rings. The van der Waals surface area contributed by atoms with Crippen LogP contribution in [0.3, 0.4) is 0 Å². The number of rotatable bonds is 8. The molecule has 4 rings (SSSR count). The second kappa shape index (κ2) is 10.7. The van der Waals surface area contributed by atoms with Crippen molar-refractivity contribution < 1.29 is 33.1 Å². The molecule has 4 aliphatic carbocycles. The zero-order valence-electron chi connectivity index (χ0n) is 21.8. The summed E-state index contributed by atoms with van der Waals surface area (Å²) in [5.41, 5.74) is -0.173. The molecule has 10 heteroatoms. The minimum absolute atomic E-state index is 0.0617. The third-order valence-corrected chi connectivity index (χ3v) is 14.1. The van der Waals surface area contributed by atoms with Crippen LogP contribution >= 0.6 is 0 Å². The molecule has 0 spiro atoms. The van der Waals surface area contributed by atoms with Crippen molar-refractivity contribution in [3.05, 3.63) is 0 Å². The number of hydrogen-bond donors (Lipinski definition) is 5. The summed E-state index contributed by atoms with van der Waals surface area (Å²) < 4.78 is 30.4. The monoisotopic (exact) mass is 595 g/mol. The third-order valence-electron chi connectivity index (χ3n) is 10.8. The fraction of sp³-hybridized carbons (Fsp3) is 0.962. The van der Waals surface area contributed by atoms with Crippen molar-refractivity contribution in [2.75, 3.05) is 12.3 Å². The summed E-state index contributed by atoms with van der Waals surface area (Å²) in [7, 11) is -4.08. The Morgan fingerprint density at radius 2 is 1.81 bits per heavy atom. The first-order valence-corrected chi connectivity index (χ1v) is 17.6. The van der Waals surface area contributed by atoms with Crippen molar-refractivity contribution in [2.45, 2.75) is 94.7 Å². The predicted molar refractivity (Wildman–Crippen MR) is 138 cm³/mol. The summed E-state index contributed by atoms with van der Waals surface area (Å²) >= 11 is 0.0617. The maximum atomic E-state index is 12.1. The molecule has 36 heavy (non-hydrogen) atoms. The average Bonchev–Trinajstić information content (AvgIpc) is 3.13. The molecule has 0 aromatic rings. The number of hydrogen-bond acceptors (Lipinski definition) is 6. The van der Waals surface area contributed by atoms with E-state index in [-0.39, 0.29) is 68.2 Å². The number of fused-ring (bicyclic) bond motifs is 5. The van der Waals surface area contributed by atoms with Gasteiger partial charge in [-0.15, -0.1) is 0 Å². The summed E-state index contributed by atoms with van der Waals surface area (Å²) in [5, 5.41) is 37.2. The van der Waals surface area contributed by atoms with Gasteiger partial charge in [-0.1, -0.05) is 0 Å². The van der Waals surface area contributed by atoms with Crippen molar-refractivity contribution in [1.82, 2.24) is 5.32 Å². The van der Waals surface area contributed by atoms with Crippen molar-refractivity contribution in [1.29, 1.82) is 0 Å². The molecule has 208 valence electrons. The molecule has 0 radical (unpaired) electrons. The Hall–Kier alpha value is -0.221. The van der Waals surface area contributed by atoms with E-state index in [1.165, 1.54) is 0 Å². The van der Waals surface area contributed by atoms with Gasteiger partial charge in [0.15, 0.2) is 0 Å². The van der Waals surface area contributed by atoms with E-state index >= 15 is 0 Å². The Balaban J connectivity index is 1.39. The Morgan fingerprint density at radius 1 is 1.08 bits per heavy atom. The molecule has 0 aliphatic heterocycles. The molecule has 11 atom stereocenters. The van der Waals surface area contributed by atoms with Crippen LogP contribution in [0.2, 0.25) is 10.6 Å². The second-order valence-corrected chi connectivity index (χ2v) is 16.4. The molecule has 0 saturated heterocycles. The van der Waals surface area contributed by atoms with Crippen LogP contribution in [0.1, 0.15) is 65.7 Å².